The van der Waals surface area contributed by atoms with Crippen molar-refractivity contribution in [1.82, 2.24) is 0 Å². The molecule has 2 aliphatic carbocycles. The van der Waals surface area contributed by atoms with E-state index in [0.29, 0.717) is 0 Å². The summed E-state index contributed by atoms with van der Waals surface area (Å²) >= 11 is 2.43. The minimum atomic E-state index is -0.265. The summed E-state index contributed by atoms with van der Waals surface area (Å²) in [7, 11) is 0. The van der Waals surface area contributed by atoms with Crippen molar-refractivity contribution in [1.29, 1.82) is 0 Å². The van der Waals surface area contributed by atoms with E-state index in [2.05, 4.69) is 48.6 Å². The number of hydrogen-bond donors (Lipinski definition) is 1. The van der Waals surface area contributed by atoms with Gasteiger partial charge in [0.25, 0.3) is 0 Å². The SMILES string of the molecule is CC(O)C(C)(C)C1=CC=C(I)[C@@H]2CC12. The van der Waals surface area contributed by atoms with Gasteiger partial charge in [0.1, 0.15) is 0 Å². The van der Waals surface area contributed by atoms with Crippen LogP contribution in [0.1, 0.15) is 27.2 Å². The molecule has 1 N–H and O–H groups in total. The number of halogens is 1. The van der Waals surface area contributed by atoms with Crippen molar-refractivity contribution in [3.8, 4) is 0 Å². The maximum atomic E-state index is 9.77. The molecule has 1 saturated carbocycles. The first-order valence-electron chi connectivity index (χ1n) is 5.20. The Morgan fingerprint density at radius 2 is 2.07 bits per heavy atom. The minimum Gasteiger partial charge on any atom is -0.393 e. The van der Waals surface area contributed by atoms with Crippen LogP contribution in [0.4, 0.5) is 0 Å². The molecule has 2 aliphatic rings. The van der Waals surface area contributed by atoms with Crippen molar-refractivity contribution in [2.75, 3.05) is 0 Å². The normalized spacial score (nSPS) is 32.9. The average molecular weight is 304 g/mol. The van der Waals surface area contributed by atoms with Crippen molar-refractivity contribution in [3.63, 3.8) is 0 Å². The Balaban J connectivity index is 2.28. The molecule has 0 aromatic rings. The average Bonchev–Trinajstić information content (AvgIpc) is 2.83. The molecule has 14 heavy (non-hydrogen) atoms. The van der Waals surface area contributed by atoms with Crippen LogP contribution in [0.25, 0.3) is 0 Å². The highest BCUT2D eigenvalue weighted by molar-refractivity contribution is 14.1. The molecule has 0 saturated heterocycles. The topological polar surface area (TPSA) is 20.2 Å². The molecule has 0 heterocycles. The van der Waals surface area contributed by atoms with Gasteiger partial charge in [-0.15, -0.1) is 0 Å². The van der Waals surface area contributed by atoms with E-state index in [-0.39, 0.29) is 11.5 Å². The van der Waals surface area contributed by atoms with Crippen molar-refractivity contribution >= 4 is 22.6 Å². The fraction of sp³-hybridized carbons (Fsp3) is 0.667. The minimum absolute atomic E-state index is 0.0622. The highest BCUT2D eigenvalue weighted by Gasteiger charge is 2.48. The molecule has 0 aromatic carbocycles. The van der Waals surface area contributed by atoms with Crippen molar-refractivity contribution in [2.24, 2.45) is 17.3 Å². The molecular formula is C12H17IO. The summed E-state index contributed by atoms with van der Waals surface area (Å²) in [4.78, 5) is 0. The molecule has 3 atom stereocenters. The number of fused-ring (bicyclic) bond motifs is 1. The Hall–Kier alpha value is 0.170. The molecule has 0 bridgehead atoms. The Morgan fingerprint density at radius 1 is 1.43 bits per heavy atom. The van der Waals surface area contributed by atoms with Gasteiger partial charge in [-0.3, -0.25) is 0 Å². The van der Waals surface area contributed by atoms with Gasteiger partial charge >= 0.3 is 0 Å². The third-order valence-corrected chi connectivity index (χ3v) is 4.91. The first kappa shape index (κ1) is 10.7. The van der Waals surface area contributed by atoms with Crippen LogP contribution >= 0.6 is 22.6 Å². The number of aliphatic hydroxyl groups is 1. The maximum absolute atomic E-state index is 9.77. The summed E-state index contributed by atoms with van der Waals surface area (Å²) in [5.74, 6) is 1.49. The summed E-state index contributed by atoms with van der Waals surface area (Å²) in [6.07, 6.45) is 5.47. The molecule has 0 spiro atoms. The zero-order chi connectivity index (χ0) is 10.5. The molecule has 0 amide bonds. The van der Waals surface area contributed by atoms with Crippen molar-refractivity contribution in [3.05, 3.63) is 21.3 Å². The summed E-state index contributed by atoms with van der Waals surface area (Å²) < 4.78 is 1.48. The van der Waals surface area contributed by atoms with Crippen LogP contribution in [-0.4, -0.2) is 11.2 Å². The third kappa shape index (κ3) is 1.56. The number of hydrogen-bond acceptors (Lipinski definition) is 1. The van der Waals surface area contributed by atoms with E-state index >= 15 is 0 Å². The lowest BCUT2D eigenvalue weighted by Gasteiger charge is -2.32. The fourth-order valence-electron chi connectivity index (χ4n) is 2.19. The van der Waals surface area contributed by atoms with Crippen LogP contribution < -0.4 is 0 Å². The maximum Gasteiger partial charge on any atom is 0.0600 e. The monoisotopic (exact) mass is 304 g/mol. The summed E-state index contributed by atoms with van der Waals surface area (Å²) in [5, 5.41) is 9.77. The highest BCUT2D eigenvalue weighted by Crippen LogP contribution is 2.57. The van der Waals surface area contributed by atoms with Gasteiger partial charge in [-0.05, 0) is 51.4 Å². The predicted octanol–water partition coefficient (Wildman–Crippen LogP) is 3.29. The van der Waals surface area contributed by atoms with Crippen molar-refractivity contribution in [2.45, 2.75) is 33.3 Å². The van der Waals surface area contributed by atoms with Crippen LogP contribution in [0, 0.1) is 17.3 Å². The standard InChI is InChI=1S/C12H17IO/c1-7(14)12(2,3)10-4-5-11(13)9-6-8(9)10/h4-5,7-9,14H,6H2,1-3H3/t7?,8?,9-/m1/s1. The van der Waals surface area contributed by atoms with Crippen LogP contribution in [0.15, 0.2) is 21.3 Å². The summed E-state index contributed by atoms with van der Waals surface area (Å²) in [6.45, 7) is 6.18. The molecular weight excluding hydrogens is 287 g/mol. The lowest BCUT2D eigenvalue weighted by Crippen LogP contribution is -2.30. The highest BCUT2D eigenvalue weighted by atomic mass is 127. The molecule has 0 aliphatic heterocycles. The van der Waals surface area contributed by atoms with Crippen LogP contribution in [0.3, 0.4) is 0 Å². The largest absolute Gasteiger partial charge is 0.393 e. The second-order valence-electron chi connectivity index (χ2n) is 5.02. The van der Waals surface area contributed by atoms with E-state index in [0.717, 1.165) is 11.8 Å². The molecule has 2 heteroatoms. The lowest BCUT2D eigenvalue weighted by atomic mass is 9.75. The van der Waals surface area contributed by atoms with E-state index in [1.807, 2.05) is 6.92 Å². The Kier molecular flexibility index (Phi) is 2.55. The Morgan fingerprint density at radius 3 is 2.64 bits per heavy atom. The van der Waals surface area contributed by atoms with Gasteiger partial charge in [-0.25, -0.2) is 0 Å². The Labute approximate surface area is 99.4 Å². The molecule has 78 valence electrons. The van der Waals surface area contributed by atoms with E-state index in [1.165, 1.54) is 15.6 Å². The van der Waals surface area contributed by atoms with E-state index in [4.69, 9.17) is 0 Å². The zero-order valence-corrected chi connectivity index (χ0v) is 11.1. The number of aliphatic hydroxyl groups excluding tert-OH is 1. The second-order valence-corrected chi connectivity index (χ2v) is 6.27. The number of allylic oxidation sites excluding steroid dienone is 3. The third-order valence-electron chi connectivity index (χ3n) is 3.75. The van der Waals surface area contributed by atoms with Crippen LogP contribution in [0.5, 0.6) is 0 Å². The van der Waals surface area contributed by atoms with Gasteiger partial charge in [0.2, 0.25) is 0 Å². The Bertz CT molecular complexity index is 312. The first-order valence-corrected chi connectivity index (χ1v) is 6.28. The first-order chi connectivity index (χ1) is 6.44. The summed E-state index contributed by atoms with van der Waals surface area (Å²) in [6, 6.07) is 0. The molecule has 2 unspecified atom stereocenters. The quantitative estimate of drug-likeness (QED) is 0.776. The van der Waals surface area contributed by atoms with Crippen LogP contribution in [-0.2, 0) is 0 Å². The second kappa shape index (κ2) is 3.34. The van der Waals surface area contributed by atoms with Gasteiger partial charge < -0.3 is 5.11 Å². The smallest absolute Gasteiger partial charge is 0.0600 e. The van der Waals surface area contributed by atoms with E-state index in [1.54, 1.807) is 0 Å². The van der Waals surface area contributed by atoms with E-state index in [9.17, 15) is 5.11 Å². The molecule has 1 nitrogen and oxygen atoms in total. The van der Waals surface area contributed by atoms with Gasteiger partial charge in [0.05, 0.1) is 6.10 Å². The van der Waals surface area contributed by atoms with Gasteiger partial charge in [-0.2, -0.15) is 0 Å². The molecule has 1 fully saturated rings. The van der Waals surface area contributed by atoms with Gasteiger partial charge in [0, 0.05) is 5.41 Å². The zero-order valence-electron chi connectivity index (χ0n) is 8.92. The lowest BCUT2D eigenvalue weighted by molar-refractivity contribution is 0.0877. The van der Waals surface area contributed by atoms with E-state index < -0.39 is 0 Å². The number of rotatable bonds is 2. The van der Waals surface area contributed by atoms with Gasteiger partial charge in [0.15, 0.2) is 0 Å². The molecule has 0 aromatic heterocycles. The van der Waals surface area contributed by atoms with Crippen molar-refractivity contribution < 1.29 is 5.11 Å². The molecule has 2 rings (SSSR count). The fourth-order valence-corrected chi connectivity index (χ4v) is 3.06. The van der Waals surface area contributed by atoms with Gasteiger partial charge in [-0.1, -0.05) is 31.6 Å². The van der Waals surface area contributed by atoms with Crippen LogP contribution in [0.2, 0.25) is 0 Å². The predicted molar refractivity (Wildman–Crippen MR) is 67.2 cm³/mol. The summed E-state index contributed by atoms with van der Waals surface area (Å²) in [5.41, 5.74) is 1.38. The molecule has 0 radical (unpaired) electrons.